The van der Waals surface area contributed by atoms with Crippen molar-refractivity contribution in [2.24, 2.45) is 0 Å². The first-order chi connectivity index (χ1) is 8.68. The highest BCUT2D eigenvalue weighted by molar-refractivity contribution is 9.10. The zero-order valence-electron chi connectivity index (χ0n) is 10.9. The van der Waals surface area contributed by atoms with Gasteiger partial charge in [0.1, 0.15) is 0 Å². The summed E-state index contributed by atoms with van der Waals surface area (Å²) in [6.07, 6.45) is 1.74. The van der Waals surface area contributed by atoms with Gasteiger partial charge in [-0.3, -0.25) is 0 Å². The SMILES string of the molecule is COCCCC1(c2cc(Br)ccc2C)OCCO1. The Balaban J connectivity index is 2.25. The summed E-state index contributed by atoms with van der Waals surface area (Å²) in [5, 5.41) is 0. The quantitative estimate of drug-likeness (QED) is 0.780. The summed E-state index contributed by atoms with van der Waals surface area (Å²) in [5.74, 6) is -0.591. The third-order valence-electron chi connectivity index (χ3n) is 3.22. The highest BCUT2D eigenvalue weighted by atomic mass is 79.9. The van der Waals surface area contributed by atoms with Gasteiger partial charge >= 0.3 is 0 Å². The lowest BCUT2D eigenvalue weighted by Gasteiger charge is -2.29. The molecule has 0 aliphatic carbocycles. The molecule has 1 aliphatic heterocycles. The second kappa shape index (κ2) is 6.15. The summed E-state index contributed by atoms with van der Waals surface area (Å²) in [4.78, 5) is 0. The summed E-state index contributed by atoms with van der Waals surface area (Å²) >= 11 is 3.51. The lowest BCUT2D eigenvalue weighted by molar-refractivity contribution is -0.173. The summed E-state index contributed by atoms with van der Waals surface area (Å²) in [6.45, 7) is 4.12. The van der Waals surface area contributed by atoms with Crippen molar-refractivity contribution in [2.45, 2.75) is 25.6 Å². The van der Waals surface area contributed by atoms with Crippen molar-refractivity contribution in [1.82, 2.24) is 0 Å². The fourth-order valence-electron chi connectivity index (χ4n) is 2.34. The van der Waals surface area contributed by atoms with E-state index in [-0.39, 0.29) is 0 Å². The predicted octanol–water partition coefficient (Wildman–Crippen LogP) is 3.38. The molecular formula is C14H19BrO3. The molecular weight excluding hydrogens is 296 g/mol. The number of hydrogen-bond acceptors (Lipinski definition) is 3. The Kier molecular flexibility index (Phi) is 4.78. The average molecular weight is 315 g/mol. The smallest absolute Gasteiger partial charge is 0.195 e. The van der Waals surface area contributed by atoms with Crippen LogP contribution in [0, 0.1) is 6.92 Å². The molecule has 0 saturated carbocycles. The van der Waals surface area contributed by atoms with Crippen LogP contribution in [0.25, 0.3) is 0 Å². The van der Waals surface area contributed by atoms with E-state index in [1.54, 1.807) is 7.11 Å². The van der Waals surface area contributed by atoms with E-state index >= 15 is 0 Å². The van der Waals surface area contributed by atoms with Crippen LogP contribution in [0.4, 0.5) is 0 Å². The maximum atomic E-state index is 5.91. The van der Waals surface area contributed by atoms with Gasteiger partial charge in [0.25, 0.3) is 0 Å². The Hall–Kier alpha value is -0.420. The van der Waals surface area contributed by atoms with Crippen LogP contribution in [-0.2, 0) is 20.0 Å². The van der Waals surface area contributed by atoms with Crippen LogP contribution in [0.3, 0.4) is 0 Å². The molecule has 3 nitrogen and oxygen atoms in total. The summed E-state index contributed by atoms with van der Waals surface area (Å²) in [6, 6.07) is 6.21. The van der Waals surface area contributed by atoms with Gasteiger partial charge in [-0.2, -0.15) is 0 Å². The molecule has 0 aromatic heterocycles. The molecule has 0 spiro atoms. The molecule has 0 unspecified atom stereocenters. The van der Waals surface area contributed by atoms with Gasteiger partial charge < -0.3 is 14.2 Å². The van der Waals surface area contributed by atoms with E-state index in [0.717, 1.165) is 29.5 Å². The molecule has 1 aromatic carbocycles. The number of methoxy groups -OCH3 is 1. The normalized spacial score (nSPS) is 18.2. The third kappa shape index (κ3) is 2.94. The summed E-state index contributed by atoms with van der Waals surface area (Å²) in [7, 11) is 1.72. The first-order valence-corrected chi connectivity index (χ1v) is 7.01. The minimum atomic E-state index is -0.591. The number of halogens is 1. The minimum absolute atomic E-state index is 0.591. The highest BCUT2D eigenvalue weighted by Crippen LogP contribution is 2.38. The van der Waals surface area contributed by atoms with Crippen molar-refractivity contribution < 1.29 is 14.2 Å². The Labute approximate surface area is 117 Å². The fourth-order valence-corrected chi connectivity index (χ4v) is 2.70. The predicted molar refractivity (Wildman–Crippen MR) is 73.6 cm³/mol. The van der Waals surface area contributed by atoms with Gasteiger partial charge in [-0.15, -0.1) is 0 Å². The molecule has 2 rings (SSSR count). The van der Waals surface area contributed by atoms with Gasteiger partial charge in [-0.05, 0) is 31.0 Å². The van der Waals surface area contributed by atoms with Gasteiger partial charge in [0.05, 0.1) is 13.2 Å². The molecule has 1 heterocycles. The number of hydrogen-bond donors (Lipinski definition) is 0. The molecule has 100 valence electrons. The lowest BCUT2D eigenvalue weighted by Crippen LogP contribution is -2.28. The zero-order valence-corrected chi connectivity index (χ0v) is 12.5. The van der Waals surface area contributed by atoms with Crippen LogP contribution >= 0.6 is 15.9 Å². The highest BCUT2D eigenvalue weighted by Gasteiger charge is 2.39. The number of rotatable bonds is 5. The van der Waals surface area contributed by atoms with Gasteiger partial charge in [0.2, 0.25) is 0 Å². The van der Waals surface area contributed by atoms with Crippen molar-refractivity contribution in [3.8, 4) is 0 Å². The van der Waals surface area contributed by atoms with Crippen LogP contribution in [0.15, 0.2) is 22.7 Å². The van der Waals surface area contributed by atoms with Crippen LogP contribution < -0.4 is 0 Å². The lowest BCUT2D eigenvalue weighted by atomic mass is 9.96. The molecule has 0 atom stereocenters. The van der Waals surface area contributed by atoms with Crippen molar-refractivity contribution in [3.05, 3.63) is 33.8 Å². The molecule has 0 bridgehead atoms. The molecule has 4 heteroatoms. The number of benzene rings is 1. The first kappa shape index (κ1) is 14.0. The zero-order chi connectivity index (χ0) is 13.0. The first-order valence-electron chi connectivity index (χ1n) is 6.21. The van der Waals surface area contributed by atoms with Crippen molar-refractivity contribution >= 4 is 15.9 Å². The third-order valence-corrected chi connectivity index (χ3v) is 3.71. The van der Waals surface area contributed by atoms with E-state index in [9.17, 15) is 0 Å². The molecule has 0 radical (unpaired) electrons. The minimum Gasteiger partial charge on any atom is -0.385 e. The molecule has 1 aliphatic rings. The van der Waals surface area contributed by atoms with E-state index < -0.39 is 5.79 Å². The van der Waals surface area contributed by atoms with Crippen molar-refractivity contribution in [3.63, 3.8) is 0 Å². The van der Waals surface area contributed by atoms with Crippen LogP contribution in [0.1, 0.15) is 24.0 Å². The van der Waals surface area contributed by atoms with Crippen LogP contribution in [0.2, 0.25) is 0 Å². The second-order valence-corrected chi connectivity index (χ2v) is 5.42. The average Bonchev–Trinajstić information content (AvgIpc) is 2.82. The van der Waals surface area contributed by atoms with Crippen molar-refractivity contribution in [2.75, 3.05) is 26.9 Å². The van der Waals surface area contributed by atoms with E-state index in [0.29, 0.717) is 13.2 Å². The topological polar surface area (TPSA) is 27.7 Å². The Morgan fingerprint density at radius 3 is 2.72 bits per heavy atom. The summed E-state index contributed by atoms with van der Waals surface area (Å²) < 4.78 is 18.0. The molecule has 0 amide bonds. The van der Waals surface area contributed by atoms with Gasteiger partial charge in [0, 0.05) is 30.2 Å². The Bertz CT molecular complexity index is 400. The fraction of sp³-hybridized carbons (Fsp3) is 0.571. The van der Waals surface area contributed by atoms with Crippen LogP contribution in [-0.4, -0.2) is 26.9 Å². The monoisotopic (exact) mass is 314 g/mol. The Morgan fingerprint density at radius 1 is 1.33 bits per heavy atom. The largest absolute Gasteiger partial charge is 0.385 e. The van der Waals surface area contributed by atoms with E-state index in [1.165, 1.54) is 5.56 Å². The molecule has 1 aromatic rings. The van der Waals surface area contributed by atoms with Gasteiger partial charge in [-0.1, -0.05) is 22.0 Å². The van der Waals surface area contributed by atoms with Crippen LogP contribution in [0.5, 0.6) is 0 Å². The van der Waals surface area contributed by atoms with E-state index in [2.05, 4.69) is 35.0 Å². The van der Waals surface area contributed by atoms with E-state index in [4.69, 9.17) is 14.2 Å². The maximum Gasteiger partial charge on any atom is 0.195 e. The summed E-state index contributed by atoms with van der Waals surface area (Å²) in [5.41, 5.74) is 2.31. The molecule has 1 saturated heterocycles. The molecule has 18 heavy (non-hydrogen) atoms. The van der Waals surface area contributed by atoms with Gasteiger partial charge in [-0.25, -0.2) is 0 Å². The number of aryl methyl sites for hydroxylation is 1. The Morgan fingerprint density at radius 2 is 2.06 bits per heavy atom. The molecule has 0 N–H and O–H groups in total. The van der Waals surface area contributed by atoms with Crippen molar-refractivity contribution in [1.29, 1.82) is 0 Å². The molecule has 1 fully saturated rings. The van der Waals surface area contributed by atoms with E-state index in [1.807, 2.05) is 6.07 Å². The standard InChI is InChI=1S/C14H19BrO3/c1-11-4-5-12(15)10-13(11)14(6-3-7-16-2)17-8-9-18-14/h4-5,10H,3,6-9H2,1-2H3. The maximum absolute atomic E-state index is 5.91. The van der Waals surface area contributed by atoms with Gasteiger partial charge in [0.15, 0.2) is 5.79 Å². The number of ether oxygens (including phenoxy) is 3. The second-order valence-electron chi connectivity index (χ2n) is 4.51.